The van der Waals surface area contributed by atoms with Crippen LogP contribution < -0.4 is 11.1 Å². The van der Waals surface area contributed by atoms with Crippen molar-refractivity contribution in [1.82, 2.24) is 0 Å². The molecule has 0 aliphatic rings. The molecule has 0 aromatic heterocycles. The molecule has 0 saturated carbocycles. The van der Waals surface area contributed by atoms with Gasteiger partial charge < -0.3 is 15.8 Å². The van der Waals surface area contributed by atoms with Gasteiger partial charge in [-0.05, 0) is 12.5 Å². The Hall–Kier alpha value is -1.10. The molecule has 0 saturated heterocycles. The van der Waals surface area contributed by atoms with Crippen molar-refractivity contribution >= 4 is 24.0 Å². The molecule has 96 valence electrons. The van der Waals surface area contributed by atoms with Gasteiger partial charge >= 0.3 is 0 Å². The lowest BCUT2D eigenvalue weighted by molar-refractivity contribution is -0.117. The van der Waals surface area contributed by atoms with E-state index in [2.05, 4.69) is 5.32 Å². The van der Waals surface area contributed by atoms with Crippen LogP contribution in [0.3, 0.4) is 0 Å². The third kappa shape index (κ3) is 4.73. The largest absolute Gasteiger partial charge is 0.380 e. The van der Waals surface area contributed by atoms with E-state index in [1.165, 1.54) is 0 Å². The number of carbonyl (C=O) groups is 1. The maximum atomic E-state index is 11.6. The van der Waals surface area contributed by atoms with E-state index >= 15 is 0 Å². The first-order chi connectivity index (χ1) is 7.69. The molecule has 1 aromatic rings. The maximum absolute atomic E-state index is 11.6. The van der Waals surface area contributed by atoms with Crippen LogP contribution in [0.2, 0.25) is 0 Å². The summed E-state index contributed by atoms with van der Waals surface area (Å²) in [5.74, 6) is -0.161. The highest BCUT2D eigenvalue weighted by molar-refractivity contribution is 5.95. The van der Waals surface area contributed by atoms with Crippen molar-refractivity contribution in [3.63, 3.8) is 0 Å². The second kappa shape index (κ2) is 8.06. The average Bonchev–Trinajstić information content (AvgIpc) is 2.31. The summed E-state index contributed by atoms with van der Waals surface area (Å²) in [6.45, 7) is 2.35. The lowest BCUT2D eigenvalue weighted by atomic mass is 10.1. The van der Waals surface area contributed by atoms with E-state index in [-0.39, 0.29) is 18.3 Å². The zero-order valence-corrected chi connectivity index (χ0v) is 10.9. The number of ether oxygens (including phenoxy) is 1. The van der Waals surface area contributed by atoms with E-state index in [1.54, 1.807) is 7.11 Å². The summed E-state index contributed by atoms with van der Waals surface area (Å²) in [5, 5.41) is 2.80. The molecule has 0 bridgehead atoms. The molecule has 0 aliphatic heterocycles. The van der Waals surface area contributed by atoms with Crippen molar-refractivity contribution in [2.45, 2.75) is 26.0 Å². The molecule has 1 amide bonds. The van der Waals surface area contributed by atoms with E-state index in [1.807, 2.05) is 31.2 Å². The van der Waals surface area contributed by atoms with Crippen molar-refractivity contribution < 1.29 is 9.53 Å². The summed E-state index contributed by atoms with van der Waals surface area (Å²) in [6, 6.07) is 7.07. The van der Waals surface area contributed by atoms with Crippen LogP contribution >= 0.6 is 12.4 Å². The Bertz CT molecular complexity index is 358. The van der Waals surface area contributed by atoms with Crippen molar-refractivity contribution in [2.75, 3.05) is 12.4 Å². The summed E-state index contributed by atoms with van der Waals surface area (Å²) >= 11 is 0. The summed E-state index contributed by atoms with van der Waals surface area (Å²) in [4.78, 5) is 11.6. The van der Waals surface area contributed by atoms with Crippen LogP contribution in [-0.2, 0) is 16.1 Å². The molecule has 1 aromatic carbocycles. The summed E-state index contributed by atoms with van der Waals surface area (Å²) < 4.78 is 5.05. The molecule has 0 aliphatic carbocycles. The predicted molar refractivity (Wildman–Crippen MR) is 71.3 cm³/mol. The molecular weight excluding hydrogens is 240 g/mol. The van der Waals surface area contributed by atoms with Gasteiger partial charge in [-0.15, -0.1) is 12.4 Å². The van der Waals surface area contributed by atoms with Crippen LogP contribution in [0.25, 0.3) is 0 Å². The monoisotopic (exact) mass is 258 g/mol. The number of nitrogens with two attached hydrogens (primary N) is 1. The lowest BCUT2D eigenvalue weighted by Crippen LogP contribution is -2.35. The van der Waals surface area contributed by atoms with Gasteiger partial charge in [0.05, 0.1) is 12.6 Å². The number of halogens is 1. The molecular formula is C12H19ClN2O2. The van der Waals surface area contributed by atoms with Gasteiger partial charge in [-0.3, -0.25) is 4.79 Å². The third-order valence-corrected chi connectivity index (χ3v) is 2.35. The van der Waals surface area contributed by atoms with Gasteiger partial charge in [-0.1, -0.05) is 25.1 Å². The molecule has 5 heteroatoms. The van der Waals surface area contributed by atoms with Crippen LogP contribution in [0.1, 0.15) is 18.9 Å². The molecule has 1 rings (SSSR count). The first-order valence-corrected chi connectivity index (χ1v) is 5.32. The topological polar surface area (TPSA) is 64.4 Å². The Kier molecular flexibility index (Phi) is 7.54. The Morgan fingerprint density at radius 2 is 2.12 bits per heavy atom. The van der Waals surface area contributed by atoms with Gasteiger partial charge in [0.25, 0.3) is 0 Å². The van der Waals surface area contributed by atoms with E-state index in [9.17, 15) is 4.79 Å². The Labute approximate surface area is 108 Å². The number of benzene rings is 1. The molecule has 1 atom stereocenters. The average molecular weight is 259 g/mol. The van der Waals surface area contributed by atoms with Crippen LogP contribution in [0, 0.1) is 0 Å². The smallest absolute Gasteiger partial charge is 0.241 e. The maximum Gasteiger partial charge on any atom is 0.241 e. The molecule has 0 radical (unpaired) electrons. The number of para-hydroxylation sites is 1. The molecule has 3 N–H and O–H groups in total. The Morgan fingerprint density at radius 1 is 1.47 bits per heavy atom. The van der Waals surface area contributed by atoms with E-state index < -0.39 is 6.04 Å². The lowest BCUT2D eigenvalue weighted by Gasteiger charge is -2.13. The minimum atomic E-state index is -0.462. The highest BCUT2D eigenvalue weighted by Crippen LogP contribution is 2.16. The van der Waals surface area contributed by atoms with Gasteiger partial charge in [0.1, 0.15) is 0 Å². The van der Waals surface area contributed by atoms with Gasteiger partial charge in [0.15, 0.2) is 0 Å². The minimum Gasteiger partial charge on any atom is -0.380 e. The third-order valence-electron chi connectivity index (χ3n) is 2.35. The number of rotatable bonds is 5. The van der Waals surface area contributed by atoms with E-state index in [0.29, 0.717) is 13.0 Å². The highest BCUT2D eigenvalue weighted by atomic mass is 35.5. The predicted octanol–water partition coefficient (Wildman–Crippen LogP) is 1.93. The van der Waals surface area contributed by atoms with Gasteiger partial charge in [-0.2, -0.15) is 0 Å². The van der Waals surface area contributed by atoms with Crippen molar-refractivity contribution in [1.29, 1.82) is 0 Å². The first-order valence-electron chi connectivity index (χ1n) is 5.32. The number of anilines is 1. The fourth-order valence-electron chi connectivity index (χ4n) is 1.33. The van der Waals surface area contributed by atoms with Gasteiger partial charge in [0, 0.05) is 18.4 Å². The SMILES string of the molecule is CC[C@H](N)C(=O)Nc1ccccc1COC.Cl. The molecule has 4 nitrogen and oxygen atoms in total. The van der Waals surface area contributed by atoms with Crippen LogP contribution in [0.4, 0.5) is 5.69 Å². The first kappa shape index (κ1) is 15.9. The van der Waals surface area contributed by atoms with Crippen LogP contribution in [-0.4, -0.2) is 19.1 Å². The van der Waals surface area contributed by atoms with Gasteiger partial charge in [0.2, 0.25) is 5.91 Å². The second-order valence-electron chi connectivity index (χ2n) is 3.59. The summed E-state index contributed by atoms with van der Waals surface area (Å²) in [7, 11) is 1.62. The highest BCUT2D eigenvalue weighted by Gasteiger charge is 2.12. The van der Waals surface area contributed by atoms with Crippen molar-refractivity contribution in [2.24, 2.45) is 5.73 Å². The number of amides is 1. The standard InChI is InChI=1S/C12H18N2O2.ClH/c1-3-10(13)12(15)14-11-7-5-4-6-9(11)8-16-2;/h4-7,10H,3,8,13H2,1-2H3,(H,14,15);1H/t10-;/m0./s1. The minimum absolute atomic E-state index is 0. The number of carbonyl (C=O) groups excluding carboxylic acids is 1. The fourth-order valence-corrected chi connectivity index (χ4v) is 1.33. The zero-order chi connectivity index (χ0) is 12.0. The molecule has 0 heterocycles. The number of methoxy groups -OCH3 is 1. The normalized spacial score (nSPS) is 11.5. The number of hydrogen-bond donors (Lipinski definition) is 2. The zero-order valence-electron chi connectivity index (χ0n) is 10.1. The Balaban J connectivity index is 0.00000256. The Morgan fingerprint density at radius 3 is 2.71 bits per heavy atom. The van der Waals surface area contributed by atoms with Crippen LogP contribution in [0.5, 0.6) is 0 Å². The van der Waals surface area contributed by atoms with E-state index in [0.717, 1.165) is 11.3 Å². The van der Waals surface area contributed by atoms with Crippen LogP contribution in [0.15, 0.2) is 24.3 Å². The number of nitrogens with one attached hydrogen (secondary N) is 1. The second-order valence-corrected chi connectivity index (χ2v) is 3.59. The molecule has 17 heavy (non-hydrogen) atoms. The fraction of sp³-hybridized carbons (Fsp3) is 0.417. The number of hydrogen-bond acceptors (Lipinski definition) is 3. The molecule has 0 spiro atoms. The van der Waals surface area contributed by atoms with Crippen molar-refractivity contribution in [3.8, 4) is 0 Å². The quantitative estimate of drug-likeness (QED) is 0.848. The van der Waals surface area contributed by atoms with Crippen molar-refractivity contribution in [3.05, 3.63) is 29.8 Å². The molecule has 0 fully saturated rings. The van der Waals surface area contributed by atoms with Gasteiger partial charge in [-0.25, -0.2) is 0 Å². The summed E-state index contributed by atoms with van der Waals surface area (Å²) in [6.07, 6.45) is 0.623. The molecule has 0 unspecified atom stereocenters. The summed E-state index contributed by atoms with van der Waals surface area (Å²) in [5.41, 5.74) is 7.35. The van der Waals surface area contributed by atoms with E-state index in [4.69, 9.17) is 10.5 Å².